The van der Waals surface area contributed by atoms with Crippen LogP contribution in [0.15, 0.2) is 52.5 Å². The second-order valence-corrected chi connectivity index (χ2v) is 9.14. The Hall–Kier alpha value is -3.63. The number of halogens is 5. The predicted octanol–water partition coefficient (Wildman–Crippen LogP) is 4.47. The number of alkyl halides is 3. The van der Waals surface area contributed by atoms with Crippen LogP contribution in [-0.4, -0.2) is 39.5 Å². The second-order valence-electron chi connectivity index (χ2n) is 9.14. The highest BCUT2D eigenvalue weighted by Gasteiger charge is 2.48. The fourth-order valence-electron chi connectivity index (χ4n) is 5.24. The van der Waals surface area contributed by atoms with Crippen molar-refractivity contribution in [2.75, 3.05) is 11.7 Å². The van der Waals surface area contributed by atoms with E-state index in [0.29, 0.717) is 24.2 Å². The van der Waals surface area contributed by atoms with Gasteiger partial charge in [-0.05, 0) is 60.9 Å². The van der Waals surface area contributed by atoms with E-state index in [0.717, 1.165) is 40.9 Å². The maximum atomic E-state index is 15.0. The van der Waals surface area contributed by atoms with Gasteiger partial charge >= 0.3 is 6.18 Å². The molecule has 0 spiro atoms. The molecule has 0 bridgehead atoms. The number of aromatic nitrogens is 1. The molecule has 0 saturated carbocycles. The molecule has 36 heavy (non-hydrogen) atoms. The molecule has 5 rings (SSSR count). The van der Waals surface area contributed by atoms with Crippen molar-refractivity contribution in [1.82, 2.24) is 9.58 Å². The normalized spacial score (nSPS) is 20.6. The lowest BCUT2D eigenvalue weighted by molar-refractivity contribution is -0.173. The van der Waals surface area contributed by atoms with E-state index in [-0.39, 0.29) is 17.5 Å². The average molecular weight is 507 g/mol. The van der Waals surface area contributed by atoms with Gasteiger partial charge < -0.3 is 10.0 Å². The van der Waals surface area contributed by atoms with E-state index in [4.69, 9.17) is 0 Å². The summed E-state index contributed by atoms with van der Waals surface area (Å²) in [5.41, 5.74) is 0.478. The van der Waals surface area contributed by atoms with Gasteiger partial charge in [0.15, 0.2) is 11.4 Å². The molecule has 11 heteroatoms. The summed E-state index contributed by atoms with van der Waals surface area (Å²) in [6.07, 6.45) is 1.98. The Morgan fingerprint density at radius 2 is 1.86 bits per heavy atom. The van der Waals surface area contributed by atoms with Crippen LogP contribution < -0.4 is 10.4 Å². The number of nitrogens with zero attached hydrogens (tertiary/aromatic N) is 3. The molecule has 190 valence electrons. The lowest BCUT2D eigenvalue weighted by Gasteiger charge is -2.46. The van der Waals surface area contributed by atoms with Gasteiger partial charge in [0.05, 0.1) is 6.04 Å². The standard InChI is InChI=1S/C25H22F5N3O3/c1-13(25(28,29)30)31-12-33(32-9-8-20(34)23(35)22(32)24(31)36)21-16-5-3-2-4-14(16)6-7-17-18(21)10-15(26)11-19(17)27/h2,4,8-11,13,21,35H,3,5-7,12H2,1H3/t13-,21?/m1/s1. The molecule has 0 fully saturated rings. The summed E-state index contributed by atoms with van der Waals surface area (Å²) in [7, 11) is 0. The van der Waals surface area contributed by atoms with Gasteiger partial charge in [0.25, 0.3) is 5.91 Å². The van der Waals surface area contributed by atoms with Crippen LogP contribution in [0.5, 0.6) is 5.75 Å². The van der Waals surface area contributed by atoms with Crippen LogP contribution in [0.25, 0.3) is 0 Å². The molecule has 1 aromatic heterocycles. The zero-order valence-electron chi connectivity index (χ0n) is 19.1. The summed E-state index contributed by atoms with van der Waals surface area (Å²) in [6, 6.07) is -0.297. The minimum atomic E-state index is -4.80. The fourth-order valence-corrected chi connectivity index (χ4v) is 5.24. The zero-order chi connectivity index (χ0) is 25.9. The number of carbonyl (C=O) groups excluding carboxylic acids is 1. The van der Waals surface area contributed by atoms with E-state index in [1.807, 2.05) is 12.2 Å². The smallest absolute Gasteiger partial charge is 0.408 e. The average Bonchev–Trinajstić information content (AvgIpc) is 2.97. The largest absolute Gasteiger partial charge is 0.502 e. The molecule has 3 aliphatic rings. The molecule has 1 aromatic carbocycles. The summed E-state index contributed by atoms with van der Waals surface area (Å²) >= 11 is 0. The summed E-state index contributed by atoms with van der Waals surface area (Å²) < 4.78 is 71.8. The van der Waals surface area contributed by atoms with Crippen molar-refractivity contribution in [3.63, 3.8) is 0 Å². The van der Waals surface area contributed by atoms with Crippen LogP contribution in [0.4, 0.5) is 22.0 Å². The summed E-state index contributed by atoms with van der Waals surface area (Å²) in [6.45, 7) is 0.204. The summed E-state index contributed by atoms with van der Waals surface area (Å²) in [5, 5.41) is 11.8. The molecule has 6 nitrogen and oxygen atoms in total. The number of hydrogen-bond acceptors (Lipinski definition) is 4. The van der Waals surface area contributed by atoms with Crippen molar-refractivity contribution < 1.29 is 31.9 Å². The maximum Gasteiger partial charge on any atom is 0.408 e. The van der Waals surface area contributed by atoms with Gasteiger partial charge in [-0.1, -0.05) is 12.2 Å². The van der Waals surface area contributed by atoms with Gasteiger partial charge in [-0.2, -0.15) is 13.2 Å². The van der Waals surface area contributed by atoms with Crippen molar-refractivity contribution in [3.05, 3.63) is 86.4 Å². The Kier molecular flexibility index (Phi) is 5.68. The van der Waals surface area contributed by atoms with Gasteiger partial charge in [0.1, 0.15) is 24.3 Å². The molecule has 1 N–H and O–H groups in total. The first-order chi connectivity index (χ1) is 17.0. The predicted molar refractivity (Wildman–Crippen MR) is 120 cm³/mol. The number of allylic oxidation sites excluding steroid dienone is 3. The lowest BCUT2D eigenvalue weighted by Crippen LogP contribution is -2.60. The number of carbonyl (C=O) groups is 1. The Bertz CT molecular complexity index is 1380. The van der Waals surface area contributed by atoms with Crippen molar-refractivity contribution in [3.8, 4) is 5.75 Å². The van der Waals surface area contributed by atoms with Crippen LogP contribution in [0.3, 0.4) is 0 Å². The van der Waals surface area contributed by atoms with Gasteiger partial charge in [-0.15, -0.1) is 0 Å². The van der Waals surface area contributed by atoms with E-state index < -0.39 is 59.3 Å². The first kappa shape index (κ1) is 24.1. The molecular formula is C25H22F5N3O3. The van der Waals surface area contributed by atoms with Crippen LogP contribution in [-0.2, 0) is 6.42 Å². The van der Waals surface area contributed by atoms with E-state index in [2.05, 4.69) is 0 Å². The fraction of sp³-hybridized carbons (Fsp3) is 0.360. The molecular weight excluding hydrogens is 485 g/mol. The molecule has 2 heterocycles. The number of amides is 1. The van der Waals surface area contributed by atoms with Crippen molar-refractivity contribution in [2.24, 2.45) is 0 Å². The number of hydrogen-bond donors (Lipinski definition) is 1. The number of pyridine rings is 1. The molecule has 2 aromatic rings. The summed E-state index contributed by atoms with van der Waals surface area (Å²) in [5.74, 6) is -3.79. The first-order valence-electron chi connectivity index (χ1n) is 11.4. The highest BCUT2D eigenvalue weighted by Crippen LogP contribution is 2.43. The van der Waals surface area contributed by atoms with Gasteiger partial charge in [-0.25, -0.2) is 8.78 Å². The number of rotatable bonds is 2. The van der Waals surface area contributed by atoms with Gasteiger partial charge in [0.2, 0.25) is 5.43 Å². The van der Waals surface area contributed by atoms with Gasteiger partial charge in [0, 0.05) is 18.3 Å². The van der Waals surface area contributed by atoms with Crippen molar-refractivity contribution in [1.29, 1.82) is 0 Å². The molecule has 2 aliphatic carbocycles. The number of aromatic hydroxyl groups is 1. The van der Waals surface area contributed by atoms with Crippen LogP contribution >= 0.6 is 0 Å². The molecule has 2 atom stereocenters. The maximum absolute atomic E-state index is 15.0. The van der Waals surface area contributed by atoms with Crippen molar-refractivity contribution in [2.45, 2.75) is 50.9 Å². The topological polar surface area (TPSA) is 65.8 Å². The quantitative estimate of drug-likeness (QED) is 0.610. The highest BCUT2D eigenvalue weighted by atomic mass is 19.4. The lowest BCUT2D eigenvalue weighted by atomic mass is 9.88. The van der Waals surface area contributed by atoms with E-state index in [1.165, 1.54) is 11.2 Å². The van der Waals surface area contributed by atoms with E-state index in [9.17, 15) is 36.6 Å². The third-order valence-electron chi connectivity index (χ3n) is 7.11. The Morgan fingerprint density at radius 3 is 2.58 bits per heavy atom. The highest BCUT2D eigenvalue weighted by molar-refractivity contribution is 5.96. The third-order valence-corrected chi connectivity index (χ3v) is 7.11. The Balaban J connectivity index is 1.79. The van der Waals surface area contributed by atoms with E-state index in [1.54, 1.807) is 0 Å². The summed E-state index contributed by atoms with van der Waals surface area (Å²) in [4.78, 5) is 25.8. The Labute approximate surface area is 202 Å². The zero-order valence-corrected chi connectivity index (χ0v) is 19.1. The number of fused-ring (bicyclic) bond motifs is 2. The van der Waals surface area contributed by atoms with E-state index >= 15 is 0 Å². The molecule has 1 unspecified atom stereocenters. The first-order valence-corrected chi connectivity index (χ1v) is 11.4. The monoisotopic (exact) mass is 507 g/mol. The second kappa shape index (κ2) is 8.49. The molecule has 1 amide bonds. The Morgan fingerprint density at radius 1 is 1.11 bits per heavy atom. The van der Waals surface area contributed by atoms with Gasteiger partial charge in [-0.3, -0.25) is 19.3 Å². The number of benzene rings is 1. The van der Waals surface area contributed by atoms with Crippen LogP contribution in [0, 0.1) is 11.6 Å². The molecule has 0 radical (unpaired) electrons. The minimum absolute atomic E-state index is 0.225. The molecule has 1 aliphatic heterocycles. The minimum Gasteiger partial charge on any atom is -0.502 e. The SMILES string of the molecule is C[C@@H](N1CN(C2C3=C(C=CCC3)CCc3c(F)cc(F)cc32)n2ccc(=O)c(O)c2C1=O)C(F)(F)F. The van der Waals surface area contributed by atoms with Crippen LogP contribution in [0.2, 0.25) is 0 Å². The third kappa shape index (κ3) is 3.77. The van der Waals surface area contributed by atoms with Crippen LogP contribution in [0.1, 0.15) is 53.8 Å². The molecule has 0 saturated heterocycles. The van der Waals surface area contributed by atoms with Crippen molar-refractivity contribution >= 4 is 5.91 Å².